The van der Waals surface area contributed by atoms with E-state index < -0.39 is 5.82 Å². The van der Waals surface area contributed by atoms with Gasteiger partial charge in [-0.15, -0.1) is 0 Å². The number of amidine groups is 1. The molecule has 0 spiro atoms. The zero-order valence-corrected chi connectivity index (χ0v) is 8.23. The van der Waals surface area contributed by atoms with Gasteiger partial charge in [0.15, 0.2) is 11.6 Å². The van der Waals surface area contributed by atoms with E-state index in [4.69, 9.17) is 15.9 Å². The van der Waals surface area contributed by atoms with E-state index in [-0.39, 0.29) is 11.6 Å². The summed E-state index contributed by atoms with van der Waals surface area (Å²) in [6.07, 6.45) is 0. The van der Waals surface area contributed by atoms with Crippen LogP contribution < -0.4 is 10.5 Å². The number of benzene rings is 1. The molecule has 14 heavy (non-hydrogen) atoms. The molecule has 0 unspecified atom stereocenters. The highest BCUT2D eigenvalue weighted by molar-refractivity contribution is 5.97. The van der Waals surface area contributed by atoms with Crippen LogP contribution in [-0.4, -0.2) is 12.4 Å². The van der Waals surface area contributed by atoms with Crippen LogP contribution in [0.1, 0.15) is 18.1 Å². The van der Waals surface area contributed by atoms with Crippen LogP contribution in [0.25, 0.3) is 0 Å². The second-order valence-corrected chi connectivity index (χ2v) is 2.97. The van der Waals surface area contributed by atoms with E-state index in [9.17, 15) is 4.39 Å². The number of aryl methyl sites for hydroxylation is 1. The molecule has 0 radical (unpaired) electrons. The van der Waals surface area contributed by atoms with E-state index in [0.717, 1.165) is 5.56 Å². The topological polar surface area (TPSA) is 59.1 Å². The SMILES string of the molecule is CCOc1c(F)cc(C)cc1C(=N)N. The van der Waals surface area contributed by atoms with Crippen LogP contribution in [0.4, 0.5) is 4.39 Å². The van der Waals surface area contributed by atoms with Crippen LogP contribution in [0.15, 0.2) is 12.1 Å². The summed E-state index contributed by atoms with van der Waals surface area (Å²) in [7, 11) is 0. The Morgan fingerprint density at radius 2 is 2.21 bits per heavy atom. The Bertz CT molecular complexity index is 363. The van der Waals surface area contributed by atoms with Crippen LogP contribution in [0, 0.1) is 18.2 Å². The maximum Gasteiger partial charge on any atom is 0.166 e. The smallest absolute Gasteiger partial charge is 0.166 e. The third-order valence-corrected chi connectivity index (χ3v) is 1.77. The highest BCUT2D eigenvalue weighted by Gasteiger charge is 2.12. The quantitative estimate of drug-likeness (QED) is 0.572. The molecule has 1 rings (SSSR count). The van der Waals surface area contributed by atoms with E-state index in [0.29, 0.717) is 12.2 Å². The molecule has 0 amide bonds. The molecule has 1 aromatic carbocycles. The lowest BCUT2D eigenvalue weighted by Crippen LogP contribution is -2.14. The van der Waals surface area contributed by atoms with Crippen molar-refractivity contribution in [3.8, 4) is 5.75 Å². The van der Waals surface area contributed by atoms with Crippen molar-refractivity contribution in [2.45, 2.75) is 13.8 Å². The number of ether oxygens (including phenoxy) is 1. The van der Waals surface area contributed by atoms with Gasteiger partial charge in [0, 0.05) is 0 Å². The maximum absolute atomic E-state index is 13.4. The average Bonchev–Trinajstić information content (AvgIpc) is 2.09. The molecule has 0 aliphatic heterocycles. The van der Waals surface area contributed by atoms with Gasteiger partial charge in [-0.1, -0.05) is 0 Å². The first-order chi connectivity index (χ1) is 6.56. The summed E-state index contributed by atoms with van der Waals surface area (Å²) in [5.74, 6) is -0.598. The van der Waals surface area contributed by atoms with E-state index in [2.05, 4.69) is 0 Å². The van der Waals surface area contributed by atoms with Gasteiger partial charge in [0.05, 0.1) is 12.2 Å². The summed E-state index contributed by atoms with van der Waals surface area (Å²) < 4.78 is 18.5. The van der Waals surface area contributed by atoms with Crippen molar-refractivity contribution in [3.05, 3.63) is 29.1 Å². The lowest BCUT2D eigenvalue weighted by Gasteiger charge is -2.10. The number of nitrogen functional groups attached to an aromatic ring is 1. The van der Waals surface area contributed by atoms with Gasteiger partial charge < -0.3 is 10.5 Å². The van der Waals surface area contributed by atoms with Crippen LogP contribution in [0.5, 0.6) is 5.75 Å². The predicted molar refractivity (Wildman–Crippen MR) is 53.3 cm³/mol. The van der Waals surface area contributed by atoms with Crippen molar-refractivity contribution in [3.63, 3.8) is 0 Å². The Kier molecular flexibility index (Phi) is 3.06. The Balaban J connectivity index is 3.28. The monoisotopic (exact) mass is 196 g/mol. The standard InChI is InChI=1S/C10H13FN2O/c1-3-14-9-7(10(12)13)4-6(2)5-8(9)11/h4-5H,3H2,1-2H3,(H3,12,13). The number of nitrogens with one attached hydrogen (secondary N) is 1. The highest BCUT2D eigenvalue weighted by atomic mass is 19.1. The molecule has 0 saturated carbocycles. The predicted octanol–water partition coefficient (Wildman–Crippen LogP) is 1.82. The molecule has 1 aromatic rings. The molecule has 0 heterocycles. The van der Waals surface area contributed by atoms with Crippen molar-refractivity contribution < 1.29 is 9.13 Å². The van der Waals surface area contributed by atoms with Crippen molar-refractivity contribution in [1.29, 1.82) is 5.41 Å². The van der Waals surface area contributed by atoms with Gasteiger partial charge in [0.2, 0.25) is 0 Å². The van der Waals surface area contributed by atoms with Gasteiger partial charge in [-0.2, -0.15) is 0 Å². The molecule has 4 heteroatoms. The van der Waals surface area contributed by atoms with Gasteiger partial charge in [-0.05, 0) is 31.5 Å². The van der Waals surface area contributed by atoms with Crippen LogP contribution in [-0.2, 0) is 0 Å². The second-order valence-electron chi connectivity index (χ2n) is 2.97. The molecule has 0 fully saturated rings. The number of hydrogen-bond acceptors (Lipinski definition) is 2. The minimum atomic E-state index is -0.475. The van der Waals surface area contributed by atoms with Crippen molar-refractivity contribution in [1.82, 2.24) is 0 Å². The number of halogens is 1. The van der Waals surface area contributed by atoms with Gasteiger partial charge in [0.1, 0.15) is 5.84 Å². The number of rotatable bonds is 3. The Labute approximate surface area is 82.2 Å². The van der Waals surface area contributed by atoms with E-state index in [1.54, 1.807) is 19.9 Å². The molecule has 0 aliphatic rings. The average molecular weight is 196 g/mol. The molecule has 0 aliphatic carbocycles. The summed E-state index contributed by atoms with van der Waals surface area (Å²) in [5.41, 5.74) is 6.35. The van der Waals surface area contributed by atoms with E-state index in [1.807, 2.05) is 0 Å². The molecule has 0 atom stereocenters. The lowest BCUT2D eigenvalue weighted by atomic mass is 10.1. The molecule has 3 N–H and O–H groups in total. The number of nitrogens with two attached hydrogens (primary N) is 1. The van der Waals surface area contributed by atoms with Gasteiger partial charge >= 0.3 is 0 Å². The molecule has 3 nitrogen and oxygen atoms in total. The summed E-state index contributed by atoms with van der Waals surface area (Å²) in [4.78, 5) is 0. The third kappa shape index (κ3) is 2.02. The summed E-state index contributed by atoms with van der Waals surface area (Å²) in [6, 6.07) is 2.99. The first-order valence-corrected chi connectivity index (χ1v) is 4.33. The molecule has 0 bridgehead atoms. The molecule has 0 saturated heterocycles. The minimum Gasteiger partial charge on any atom is -0.490 e. The van der Waals surface area contributed by atoms with Crippen molar-refractivity contribution >= 4 is 5.84 Å². The van der Waals surface area contributed by atoms with Crippen molar-refractivity contribution in [2.75, 3.05) is 6.61 Å². The zero-order valence-electron chi connectivity index (χ0n) is 8.23. The molecule has 76 valence electrons. The summed E-state index contributed by atoms with van der Waals surface area (Å²) in [6.45, 7) is 3.84. The maximum atomic E-state index is 13.4. The number of hydrogen-bond donors (Lipinski definition) is 2. The van der Waals surface area contributed by atoms with Crippen molar-refractivity contribution in [2.24, 2.45) is 5.73 Å². The van der Waals surface area contributed by atoms with Crippen LogP contribution in [0.2, 0.25) is 0 Å². The van der Waals surface area contributed by atoms with Gasteiger partial charge in [-0.25, -0.2) is 4.39 Å². The fourth-order valence-electron chi connectivity index (χ4n) is 1.22. The molecular weight excluding hydrogens is 183 g/mol. The van der Waals surface area contributed by atoms with Crippen LogP contribution >= 0.6 is 0 Å². The largest absolute Gasteiger partial charge is 0.490 e. The third-order valence-electron chi connectivity index (χ3n) is 1.77. The first-order valence-electron chi connectivity index (χ1n) is 4.33. The molecular formula is C10H13FN2O. The normalized spacial score (nSPS) is 9.93. The summed E-state index contributed by atoms with van der Waals surface area (Å²) >= 11 is 0. The Hall–Kier alpha value is -1.58. The van der Waals surface area contributed by atoms with E-state index >= 15 is 0 Å². The highest BCUT2D eigenvalue weighted by Crippen LogP contribution is 2.24. The summed E-state index contributed by atoms with van der Waals surface area (Å²) in [5, 5.41) is 7.28. The fraction of sp³-hybridized carbons (Fsp3) is 0.300. The minimum absolute atomic E-state index is 0.0607. The lowest BCUT2D eigenvalue weighted by molar-refractivity contribution is 0.320. The molecule has 0 aromatic heterocycles. The van der Waals surface area contributed by atoms with Gasteiger partial charge in [-0.3, -0.25) is 5.41 Å². The van der Waals surface area contributed by atoms with Crippen LogP contribution in [0.3, 0.4) is 0 Å². The Morgan fingerprint density at radius 3 is 2.71 bits per heavy atom. The Morgan fingerprint density at radius 1 is 1.57 bits per heavy atom. The zero-order chi connectivity index (χ0) is 10.7. The second kappa shape index (κ2) is 4.09. The first kappa shape index (κ1) is 10.5. The fourth-order valence-corrected chi connectivity index (χ4v) is 1.22. The van der Waals surface area contributed by atoms with Gasteiger partial charge in [0.25, 0.3) is 0 Å². The van der Waals surface area contributed by atoms with E-state index in [1.165, 1.54) is 6.07 Å².